The van der Waals surface area contributed by atoms with E-state index in [0.29, 0.717) is 0 Å². The molecule has 4 atom stereocenters. The Bertz CT molecular complexity index is 542. The van der Waals surface area contributed by atoms with Crippen LogP contribution in [0.25, 0.3) is 0 Å². The first-order valence-corrected chi connectivity index (χ1v) is 7.52. The number of ether oxygens (including phenoxy) is 6. The summed E-state index contributed by atoms with van der Waals surface area (Å²) in [5.74, 6) is -4.03. The maximum atomic E-state index is 11.5. The van der Waals surface area contributed by atoms with E-state index in [-0.39, 0.29) is 0 Å². The fraction of sp³-hybridized carbons (Fsp3) is 0.667. The van der Waals surface area contributed by atoms with Gasteiger partial charge in [-0.05, 0) is 0 Å². The average Bonchev–Trinajstić information content (AvgIpc) is 2.44. The molecular weight excluding hydrogens is 356 g/mol. The van der Waals surface area contributed by atoms with Crippen LogP contribution in [0.2, 0.25) is 0 Å². The van der Waals surface area contributed by atoms with E-state index < -0.39 is 60.7 Å². The Morgan fingerprint density at radius 1 is 0.500 bits per heavy atom. The molecule has 1 aliphatic rings. The Morgan fingerprint density at radius 2 is 0.769 bits per heavy atom. The third-order valence-corrected chi connectivity index (χ3v) is 2.92. The lowest BCUT2D eigenvalue weighted by Gasteiger charge is -2.42. The predicted molar refractivity (Wildman–Crippen MR) is 78.9 cm³/mol. The van der Waals surface area contributed by atoms with Gasteiger partial charge in [0.2, 0.25) is 24.8 Å². The van der Waals surface area contributed by atoms with Gasteiger partial charge in [0, 0.05) is 34.6 Å². The average molecular weight is 376 g/mol. The molecule has 0 saturated carbocycles. The Labute approximate surface area is 148 Å². The summed E-state index contributed by atoms with van der Waals surface area (Å²) in [6.45, 7) is 5.32. The van der Waals surface area contributed by atoms with Crippen LogP contribution in [0.4, 0.5) is 0 Å². The molecule has 26 heavy (non-hydrogen) atoms. The summed E-state index contributed by atoms with van der Waals surface area (Å²) in [5, 5.41) is 0. The van der Waals surface area contributed by atoms with Gasteiger partial charge in [-0.25, -0.2) is 0 Å². The minimum atomic E-state index is -1.57. The van der Waals surface area contributed by atoms with E-state index in [1.165, 1.54) is 0 Å². The summed E-state index contributed by atoms with van der Waals surface area (Å²) in [6, 6.07) is 0. The molecule has 1 heterocycles. The van der Waals surface area contributed by atoms with Crippen molar-refractivity contribution >= 4 is 29.8 Å². The molecule has 1 saturated heterocycles. The third kappa shape index (κ3) is 6.31. The van der Waals surface area contributed by atoms with Gasteiger partial charge < -0.3 is 23.7 Å². The molecule has 0 aliphatic carbocycles. The molecular formula is C15H20O11. The number of carbonyl (C=O) groups is 5. The highest BCUT2D eigenvalue weighted by Gasteiger charge is 2.54. The largest absolute Gasteiger partial charge is 0.454 e. The fourth-order valence-electron chi connectivity index (χ4n) is 2.25. The molecule has 11 heteroatoms. The van der Waals surface area contributed by atoms with Gasteiger partial charge in [0.15, 0.2) is 6.10 Å². The monoisotopic (exact) mass is 376 g/mol. The second-order valence-electron chi connectivity index (χ2n) is 5.31. The quantitative estimate of drug-likeness (QED) is 0.456. The van der Waals surface area contributed by atoms with Gasteiger partial charge in [-0.2, -0.15) is 0 Å². The normalized spacial score (nSPS) is 27.7. The lowest BCUT2D eigenvalue weighted by Crippen LogP contribution is -2.62. The summed E-state index contributed by atoms with van der Waals surface area (Å²) in [7, 11) is 0. The van der Waals surface area contributed by atoms with Gasteiger partial charge in [0.1, 0.15) is 0 Å². The highest BCUT2D eigenvalue weighted by molar-refractivity contribution is 5.69. The van der Waals surface area contributed by atoms with Gasteiger partial charge in [-0.3, -0.25) is 28.7 Å². The minimum Gasteiger partial charge on any atom is -0.454 e. The summed E-state index contributed by atoms with van der Waals surface area (Å²) in [6.07, 6.45) is -7.52. The van der Waals surface area contributed by atoms with Crippen LogP contribution < -0.4 is 0 Å². The van der Waals surface area contributed by atoms with E-state index in [0.717, 1.165) is 34.6 Å². The molecule has 4 unspecified atom stereocenters. The van der Waals surface area contributed by atoms with Crippen LogP contribution in [0, 0.1) is 0 Å². The van der Waals surface area contributed by atoms with Gasteiger partial charge >= 0.3 is 29.8 Å². The molecule has 0 aromatic heterocycles. The topological polar surface area (TPSA) is 141 Å². The van der Waals surface area contributed by atoms with E-state index in [2.05, 4.69) is 0 Å². The van der Waals surface area contributed by atoms with Crippen molar-refractivity contribution in [2.45, 2.75) is 65.5 Å². The van der Waals surface area contributed by atoms with Crippen molar-refractivity contribution in [1.29, 1.82) is 0 Å². The molecule has 1 rings (SSSR count). The third-order valence-electron chi connectivity index (χ3n) is 2.92. The van der Waals surface area contributed by atoms with Crippen molar-refractivity contribution in [2.24, 2.45) is 0 Å². The summed E-state index contributed by atoms with van der Waals surface area (Å²) in [4.78, 5) is 56.9. The maximum absolute atomic E-state index is 11.5. The zero-order valence-electron chi connectivity index (χ0n) is 14.9. The number of carbonyl (C=O) groups excluding carboxylic acids is 5. The highest BCUT2D eigenvalue weighted by Crippen LogP contribution is 2.30. The first-order chi connectivity index (χ1) is 12.0. The lowest BCUT2D eigenvalue weighted by molar-refractivity contribution is -0.336. The number of hydrogen-bond donors (Lipinski definition) is 0. The zero-order chi connectivity index (χ0) is 20.0. The summed E-state index contributed by atoms with van der Waals surface area (Å²) >= 11 is 0. The van der Waals surface area contributed by atoms with Crippen molar-refractivity contribution in [3.05, 3.63) is 0 Å². The van der Waals surface area contributed by atoms with E-state index in [9.17, 15) is 24.0 Å². The maximum Gasteiger partial charge on any atom is 0.305 e. The van der Waals surface area contributed by atoms with Crippen LogP contribution in [0.1, 0.15) is 34.6 Å². The highest BCUT2D eigenvalue weighted by atomic mass is 16.8. The van der Waals surface area contributed by atoms with Gasteiger partial charge in [-0.15, -0.1) is 0 Å². The van der Waals surface area contributed by atoms with Crippen molar-refractivity contribution in [1.82, 2.24) is 0 Å². The summed E-state index contributed by atoms with van der Waals surface area (Å²) < 4.78 is 30.3. The van der Waals surface area contributed by atoms with Crippen LogP contribution in [0.15, 0.2) is 0 Å². The van der Waals surface area contributed by atoms with Crippen LogP contribution >= 0.6 is 0 Å². The second-order valence-corrected chi connectivity index (χ2v) is 5.31. The summed E-state index contributed by atoms with van der Waals surface area (Å²) in [5.41, 5.74) is 0. The van der Waals surface area contributed by atoms with Crippen LogP contribution in [-0.4, -0.2) is 60.7 Å². The number of rotatable bonds is 5. The fourth-order valence-corrected chi connectivity index (χ4v) is 2.25. The SMILES string of the molecule is CC(=O)OC1OC(OC(C)=O)C(OC(C)=O)C(OC(C)=O)C1OC(C)=O. The van der Waals surface area contributed by atoms with Crippen LogP contribution in [0.3, 0.4) is 0 Å². The standard InChI is InChI=1S/C15H20O11/c1-6(16)21-11-12(22-7(2)17)14(24-9(4)19)26-15(25-10(5)20)13(11)23-8(3)18/h11-15H,1-5H3. The van der Waals surface area contributed by atoms with Crippen molar-refractivity contribution in [3.8, 4) is 0 Å². The molecule has 1 aliphatic heterocycles. The van der Waals surface area contributed by atoms with E-state index >= 15 is 0 Å². The van der Waals surface area contributed by atoms with Crippen molar-refractivity contribution < 1.29 is 52.4 Å². The van der Waals surface area contributed by atoms with Crippen molar-refractivity contribution in [2.75, 3.05) is 0 Å². The Morgan fingerprint density at radius 3 is 1.04 bits per heavy atom. The Hall–Kier alpha value is -2.69. The minimum absolute atomic E-state index is 0.804. The first kappa shape index (κ1) is 21.4. The van der Waals surface area contributed by atoms with E-state index in [1.807, 2.05) is 0 Å². The van der Waals surface area contributed by atoms with Crippen LogP contribution in [-0.2, 0) is 52.4 Å². The molecule has 0 aromatic rings. The second kappa shape index (κ2) is 9.13. The van der Waals surface area contributed by atoms with Crippen molar-refractivity contribution in [3.63, 3.8) is 0 Å². The zero-order valence-corrected chi connectivity index (χ0v) is 14.9. The van der Waals surface area contributed by atoms with E-state index in [4.69, 9.17) is 28.4 Å². The van der Waals surface area contributed by atoms with Gasteiger partial charge in [-0.1, -0.05) is 0 Å². The van der Waals surface area contributed by atoms with Gasteiger partial charge in [0.25, 0.3) is 0 Å². The Kier molecular flexibility index (Phi) is 7.50. The Balaban J connectivity index is 3.32. The molecule has 0 amide bonds. The molecule has 0 bridgehead atoms. The molecule has 11 nitrogen and oxygen atoms in total. The first-order valence-electron chi connectivity index (χ1n) is 7.52. The molecule has 146 valence electrons. The van der Waals surface area contributed by atoms with Gasteiger partial charge in [0.05, 0.1) is 0 Å². The number of esters is 5. The molecule has 1 fully saturated rings. The molecule has 0 aromatic carbocycles. The molecule has 0 spiro atoms. The number of hydrogen-bond acceptors (Lipinski definition) is 11. The molecule has 0 N–H and O–H groups in total. The van der Waals surface area contributed by atoms with Crippen LogP contribution in [0.5, 0.6) is 0 Å². The molecule has 0 radical (unpaired) electrons. The van der Waals surface area contributed by atoms with E-state index in [1.54, 1.807) is 0 Å². The smallest absolute Gasteiger partial charge is 0.305 e. The predicted octanol–water partition coefficient (Wildman–Crippen LogP) is -0.410. The lowest BCUT2D eigenvalue weighted by atomic mass is 10.0.